The number of Topliss-reactive ketones (excluding diaryl/α,β-unsaturated/α-hetero) is 2. The van der Waals surface area contributed by atoms with Gasteiger partial charge in [-0.05, 0) is 68.0 Å². The summed E-state index contributed by atoms with van der Waals surface area (Å²) in [6.07, 6.45) is 3.02. The number of benzene rings is 3. The third-order valence-electron chi connectivity index (χ3n) is 8.71. The molecular formula is C34H34N2O3. The number of carbonyl (C=O) groups excluding carboxylic acids is 3. The zero-order chi connectivity index (χ0) is 27.6. The quantitative estimate of drug-likeness (QED) is 0.412. The zero-order valence-electron chi connectivity index (χ0n) is 23.1. The smallest absolute Gasteiger partial charge is 0.238 e. The molecule has 1 spiro atoms. The Morgan fingerprint density at radius 1 is 1.00 bits per heavy atom. The van der Waals surface area contributed by atoms with Gasteiger partial charge in [-0.15, -0.1) is 0 Å². The molecule has 39 heavy (non-hydrogen) atoms. The van der Waals surface area contributed by atoms with E-state index in [9.17, 15) is 14.4 Å². The molecule has 0 aromatic heterocycles. The Morgan fingerprint density at radius 2 is 1.72 bits per heavy atom. The number of rotatable bonds is 5. The van der Waals surface area contributed by atoms with Gasteiger partial charge < -0.3 is 10.2 Å². The maximum Gasteiger partial charge on any atom is 0.238 e. The fraction of sp³-hybridized carbons (Fsp3) is 0.324. The highest BCUT2D eigenvalue weighted by atomic mass is 16.2. The number of ketones is 2. The van der Waals surface area contributed by atoms with Crippen molar-refractivity contribution in [1.82, 2.24) is 0 Å². The van der Waals surface area contributed by atoms with Gasteiger partial charge in [0.2, 0.25) is 5.91 Å². The number of nitrogens with one attached hydrogen (secondary N) is 1. The van der Waals surface area contributed by atoms with Crippen LogP contribution >= 0.6 is 0 Å². The van der Waals surface area contributed by atoms with Crippen molar-refractivity contribution in [3.63, 3.8) is 0 Å². The van der Waals surface area contributed by atoms with Gasteiger partial charge in [-0.1, -0.05) is 74.0 Å². The highest BCUT2D eigenvalue weighted by Crippen LogP contribution is 2.58. The van der Waals surface area contributed by atoms with Crippen LogP contribution in [0, 0.1) is 18.8 Å². The van der Waals surface area contributed by atoms with Gasteiger partial charge in [-0.3, -0.25) is 14.4 Å². The van der Waals surface area contributed by atoms with Gasteiger partial charge in [0.05, 0.1) is 18.0 Å². The predicted octanol–water partition coefficient (Wildman–Crippen LogP) is 6.15. The van der Waals surface area contributed by atoms with Crippen LogP contribution in [0.4, 0.5) is 11.4 Å². The Labute approximate surface area is 229 Å². The number of anilines is 2. The van der Waals surface area contributed by atoms with Crippen LogP contribution in [0.3, 0.4) is 0 Å². The number of allylic oxidation sites excluding steroid dienone is 1. The first kappa shape index (κ1) is 25.3. The molecule has 0 bridgehead atoms. The van der Waals surface area contributed by atoms with E-state index in [4.69, 9.17) is 0 Å². The molecule has 3 aromatic rings. The maximum atomic E-state index is 14.6. The number of aryl methyl sites for hydroxylation is 1. The molecule has 0 saturated carbocycles. The summed E-state index contributed by atoms with van der Waals surface area (Å²) < 4.78 is 0. The van der Waals surface area contributed by atoms with Gasteiger partial charge in [0.15, 0.2) is 11.6 Å². The number of nitrogens with zero attached hydrogens (tertiary/aromatic N) is 1. The van der Waals surface area contributed by atoms with Crippen molar-refractivity contribution >= 4 is 34.4 Å². The molecule has 1 fully saturated rings. The molecule has 3 aliphatic rings. The fourth-order valence-electron chi connectivity index (χ4n) is 7.15. The molecule has 5 heteroatoms. The normalized spacial score (nSPS) is 24.8. The lowest BCUT2D eigenvalue weighted by Crippen LogP contribution is -2.51. The van der Waals surface area contributed by atoms with Crippen molar-refractivity contribution in [3.05, 3.63) is 101 Å². The minimum absolute atomic E-state index is 0.122. The number of amides is 1. The van der Waals surface area contributed by atoms with Crippen LogP contribution in [0.1, 0.15) is 60.3 Å². The standard InChI is InChI=1S/C34H34N2O3/c1-19(2)16-23-11-13-24(14-12-23)32(38)30-31(22(5)37)36-28-15-10-20(3)17-25(28)21(4)18-29(36)34(30)26-8-6-7-9-27(26)35-33(34)39/h6-15,17-19,29-31H,16H2,1-5H3,(H,35,39)/t29-,30+,31-,34-/m1/s1. The van der Waals surface area contributed by atoms with E-state index in [2.05, 4.69) is 36.2 Å². The first-order valence-electron chi connectivity index (χ1n) is 13.8. The Morgan fingerprint density at radius 3 is 2.41 bits per heavy atom. The number of hydrogen-bond acceptors (Lipinski definition) is 4. The van der Waals surface area contributed by atoms with Gasteiger partial charge >= 0.3 is 0 Å². The Balaban J connectivity index is 1.60. The van der Waals surface area contributed by atoms with E-state index in [1.807, 2.05) is 74.5 Å². The van der Waals surface area contributed by atoms with Crippen LogP contribution in [0.25, 0.3) is 5.57 Å². The number of hydrogen-bond donors (Lipinski definition) is 1. The van der Waals surface area contributed by atoms with Crippen LogP contribution in [0.15, 0.2) is 72.8 Å². The summed E-state index contributed by atoms with van der Waals surface area (Å²) >= 11 is 0. The van der Waals surface area contributed by atoms with E-state index in [1.165, 1.54) is 0 Å². The third kappa shape index (κ3) is 3.63. The predicted molar refractivity (Wildman–Crippen MR) is 155 cm³/mol. The third-order valence-corrected chi connectivity index (χ3v) is 8.71. The van der Waals surface area contributed by atoms with Crippen molar-refractivity contribution in [2.24, 2.45) is 11.8 Å². The van der Waals surface area contributed by atoms with Crippen LogP contribution in [-0.2, 0) is 21.4 Å². The van der Waals surface area contributed by atoms with Gasteiger partial charge in [0.1, 0.15) is 5.41 Å². The Bertz CT molecular complexity index is 1550. The Hall–Kier alpha value is -3.99. The second-order valence-electron chi connectivity index (χ2n) is 11.8. The summed E-state index contributed by atoms with van der Waals surface area (Å²) in [6.45, 7) is 9.97. The van der Waals surface area contributed by atoms with Gasteiger partial charge in [-0.2, -0.15) is 0 Å². The summed E-state index contributed by atoms with van der Waals surface area (Å²) in [5.41, 5.74) is 6.02. The summed E-state index contributed by atoms with van der Waals surface area (Å²) in [6, 6.07) is 20.2. The van der Waals surface area contributed by atoms with E-state index < -0.39 is 23.4 Å². The van der Waals surface area contributed by atoms with Crippen LogP contribution in [-0.4, -0.2) is 29.6 Å². The SMILES string of the molecule is CC(=O)[C@@H]1[C@@H](C(=O)c2ccc(CC(C)C)cc2)[C@]2(C(=O)Nc3ccccc32)[C@H]2C=C(C)c3cc(C)ccc3N12. The molecule has 1 amide bonds. The molecule has 1 saturated heterocycles. The van der Waals surface area contributed by atoms with Crippen LogP contribution < -0.4 is 10.2 Å². The highest BCUT2D eigenvalue weighted by molar-refractivity contribution is 6.16. The van der Waals surface area contributed by atoms with Crippen LogP contribution in [0.2, 0.25) is 0 Å². The molecule has 5 nitrogen and oxygen atoms in total. The largest absolute Gasteiger partial charge is 0.352 e. The second kappa shape index (κ2) is 9.04. The number of para-hydroxylation sites is 1. The lowest BCUT2D eigenvalue weighted by atomic mass is 9.64. The number of fused-ring (bicyclic) bond motifs is 6. The highest BCUT2D eigenvalue weighted by Gasteiger charge is 2.70. The lowest BCUT2D eigenvalue weighted by Gasteiger charge is -2.39. The average Bonchev–Trinajstić information content (AvgIpc) is 3.37. The monoisotopic (exact) mass is 518 g/mol. The van der Waals surface area contributed by atoms with Gasteiger partial charge in [0, 0.05) is 22.5 Å². The topological polar surface area (TPSA) is 66.5 Å². The molecule has 0 radical (unpaired) electrons. The first-order valence-corrected chi connectivity index (χ1v) is 13.8. The minimum atomic E-state index is -1.25. The first-order chi connectivity index (χ1) is 18.6. The van der Waals surface area contributed by atoms with E-state index in [0.717, 1.165) is 39.9 Å². The van der Waals surface area contributed by atoms with E-state index in [0.29, 0.717) is 17.2 Å². The van der Waals surface area contributed by atoms with Gasteiger partial charge in [-0.25, -0.2) is 0 Å². The molecule has 3 aromatic carbocycles. The van der Waals surface area contributed by atoms with Crippen molar-refractivity contribution in [2.45, 2.75) is 58.5 Å². The van der Waals surface area contributed by atoms with E-state index >= 15 is 0 Å². The zero-order valence-corrected chi connectivity index (χ0v) is 23.1. The molecular weight excluding hydrogens is 484 g/mol. The summed E-state index contributed by atoms with van der Waals surface area (Å²) in [7, 11) is 0. The summed E-state index contributed by atoms with van der Waals surface area (Å²) in [5, 5.41) is 3.08. The fourth-order valence-corrected chi connectivity index (χ4v) is 7.15. The molecule has 6 rings (SSSR count). The molecule has 0 aliphatic carbocycles. The molecule has 198 valence electrons. The van der Waals surface area contributed by atoms with E-state index in [-0.39, 0.29) is 17.5 Å². The summed E-state index contributed by atoms with van der Waals surface area (Å²) in [4.78, 5) is 44.5. The van der Waals surface area contributed by atoms with E-state index in [1.54, 1.807) is 6.92 Å². The van der Waals surface area contributed by atoms with Crippen molar-refractivity contribution in [1.29, 1.82) is 0 Å². The average molecular weight is 519 g/mol. The Kier molecular flexibility index (Phi) is 5.87. The van der Waals surface area contributed by atoms with Crippen molar-refractivity contribution < 1.29 is 14.4 Å². The molecule has 3 aliphatic heterocycles. The molecule has 0 unspecified atom stereocenters. The summed E-state index contributed by atoms with van der Waals surface area (Å²) in [5.74, 6) is -0.914. The molecule has 4 atom stereocenters. The number of carbonyl (C=O) groups is 3. The maximum absolute atomic E-state index is 14.6. The second-order valence-corrected chi connectivity index (χ2v) is 11.8. The van der Waals surface area contributed by atoms with Crippen molar-refractivity contribution in [3.8, 4) is 0 Å². The van der Waals surface area contributed by atoms with Crippen molar-refractivity contribution in [2.75, 3.05) is 10.2 Å². The minimum Gasteiger partial charge on any atom is -0.352 e. The molecule has 1 N–H and O–H groups in total. The lowest BCUT2D eigenvalue weighted by molar-refractivity contribution is -0.122. The molecule has 3 heterocycles. The van der Waals surface area contributed by atoms with Crippen LogP contribution in [0.5, 0.6) is 0 Å². The van der Waals surface area contributed by atoms with Gasteiger partial charge in [0.25, 0.3) is 0 Å².